The number of alkyl halides is 2. The van der Waals surface area contributed by atoms with E-state index in [0.717, 1.165) is 40.6 Å². The van der Waals surface area contributed by atoms with E-state index >= 15 is 0 Å². The number of allylic oxidation sites excluding steroid dienone is 1. The van der Waals surface area contributed by atoms with Gasteiger partial charge in [0.15, 0.2) is 5.16 Å². The highest BCUT2D eigenvalue weighted by atomic mass is 32.2. The number of aromatic nitrogens is 2. The number of H-pyrrole nitrogens is 1. The van der Waals surface area contributed by atoms with E-state index in [1.54, 1.807) is 0 Å². The Morgan fingerprint density at radius 3 is 2.71 bits per heavy atom. The minimum atomic E-state index is -1.76. The predicted molar refractivity (Wildman–Crippen MR) is 113 cm³/mol. The first kappa shape index (κ1) is 22.3. The Morgan fingerprint density at radius 2 is 2.00 bits per heavy atom. The van der Waals surface area contributed by atoms with Gasteiger partial charge in [-0.25, -0.2) is 13.8 Å². The largest absolute Gasteiger partial charge is 0.497 e. The molecule has 4 rings (SSSR count). The van der Waals surface area contributed by atoms with Crippen LogP contribution in [-0.2, 0) is 25.0 Å². The molecule has 1 unspecified atom stereocenters. The molecule has 1 saturated heterocycles. The molecule has 0 amide bonds. The number of nitrogens with one attached hydrogen (secondary N) is 1. The molecular formula is C21H27F2N3O4S. The average Bonchev–Trinajstić information content (AvgIpc) is 3.25. The molecule has 0 bridgehead atoms. The smallest absolute Gasteiger partial charge is 0.226 e. The summed E-state index contributed by atoms with van der Waals surface area (Å²) in [7, 11) is -1.34. The minimum absolute atomic E-state index is 0.120. The third-order valence-electron chi connectivity index (χ3n) is 5.63. The van der Waals surface area contributed by atoms with Crippen LogP contribution in [0.2, 0.25) is 0 Å². The van der Waals surface area contributed by atoms with Gasteiger partial charge >= 0.3 is 0 Å². The molecule has 10 heteroatoms. The maximum Gasteiger partial charge on any atom is 0.226 e. The molecule has 0 aromatic carbocycles. The van der Waals surface area contributed by atoms with Crippen LogP contribution in [-0.4, -0.2) is 71.1 Å². The first-order valence-electron chi connectivity index (χ1n) is 10.4. The van der Waals surface area contributed by atoms with Crippen molar-refractivity contribution in [2.75, 3.05) is 45.5 Å². The van der Waals surface area contributed by atoms with E-state index in [-0.39, 0.29) is 24.9 Å². The zero-order chi connectivity index (χ0) is 21.8. The quantitative estimate of drug-likeness (QED) is 0.639. The molecule has 170 valence electrons. The maximum absolute atomic E-state index is 12.9. The van der Waals surface area contributed by atoms with Gasteiger partial charge in [-0.15, -0.1) is 0 Å². The van der Waals surface area contributed by atoms with E-state index in [4.69, 9.17) is 14.2 Å². The Morgan fingerprint density at radius 1 is 1.26 bits per heavy atom. The van der Waals surface area contributed by atoms with E-state index in [0.29, 0.717) is 24.7 Å². The lowest BCUT2D eigenvalue weighted by Gasteiger charge is -2.36. The zero-order valence-electron chi connectivity index (χ0n) is 17.5. The summed E-state index contributed by atoms with van der Waals surface area (Å²) in [6, 6.07) is 0. The molecule has 3 heterocycles. The molecule has 31 heavy (non-hydrogen) atoms. The van der Waals surface area contributed by atoms with Gasteiger partial charge in [-0.3, -0.25) is 9.20 Å². The van der Waals surface area contributed by atoms with Gasteiger partial charge in [0.2, 0.25) is 5.79 Å². The summed E-state index contributed by atoms with van der Waals surface area (Å²) >= 11 is 0. The number of fused-ring (bicyclic) bond motifs is 1. The van der Waals surface area contributed by atoms with E-state index in [2.05, 4.69) is 21.0 Å². The summed E-state index contributed by atoms with van der Waals surface area (Å²) in [5.74, 6) is -0.836. The third-order valence-corrected chi connectivity index (χ3v) is 6.79. The number of halogens is 2. The van der Waals surface area contributed by atoms with Gasteiger partial charge in [-0.05, 0) is 19.8 Å². The normalized spacial score (nSPS) is 22.2. The highest BCUT2D eigenvalue weighted by molar-refractivity contribution is 7.85. The van der Waals surface area contributed by atoms with Crippen molar-refractivity contribution in [2.45, 2.75) is 37.1 Å². The lowest BCUT2D eigenvalue weighted by molar-refractivity contribution is -0.296. The number of ether oxygens (including phenoxy) is 3. The molecule has 0 radical (unpaired) electrons. The molecular weight excluding hydrogens is 428 g/mol. The van der Waals surface area contributed by atoms with Crippen LogP contribution >= 0.6 is 0 Å². The number of aromatic amines is 1. The van der Waals surface area contributed by atoms with Crippen molar-refractivity contribution in [3.05, 3.63) is 22.0 Å². The SMILES string of the molecule is CC1=C(OCC2COC(CF)(CF)OC2)CCN=C1CS(=O)c1nc2c([nH]1)=CCCC=2. The summed E-state index contributed by atoms with van der Waals surface area (Å²) < 4.78 is 55.2. The molecule has 1 atom stereocenters. The van der Waals surface area contributed by atoms with Gasteiger partial charge in [-0.2, -0.15) is 0 Å². The summed E-state index contributed by atoms with van der Waals surface area (Å²) in [6.07, 6.45) is 6.66. The fourth-order valence-electron chi connectivity index (χ4n) is 3.66. The van der Waals surface area contributed by atoms with Crippen LogP contribution in [0.4, 0.5) is 8.78 Å². The maximum atomic E-state index is 12.9. The predicted octanol–water partition coefficient (Wildman–Crippen LogP) is 1.31. The van der Waals surface area contributed by atoms with Crippen LogP contribution in [0.5, 0.6) is 0 Å². The summed E-state index contributed by atoms with van der Waals surface area (Å²) in [6.45, 7) is 1.07. The lowest BCUT2D eigenvalue weighted by Crippen LogP contribution is -2.48. The number of hydrogen-bond acceptors (Lipinski definition) is 6. The molecule has 1 N–H and O–H groups in total. The van der Waals surface area contributed by atoms with Crippen LogP contribution in [0.3, 0.4) is 0 Å². The Balaban J connectivity index is 1.35. The Labute approximate surface area is 181 Å². The lowest BCUT2D eigenvalue weighted by atomic mass is 10.1. The average molecular weight is 456 g/mol. The third kappa shape index (κ3) is 4.96. The number of dihydropyridines is 1. The molecule has 1 aromatic heterocycles. The van der Waals surface area contributed by atoms with E-state index < -0.39 is 29.9 Å². The van der Waals surface area contributed by atoms with Gasteiger partial charge in [0.05, 0.1) is 52.8 Å². The second-order valence-corrected chi connectivity index (χ2v) is 9.29. The van der Waals surface area contributed by atoms with Crippen molar-refractivity contribution in [3.63, 3.8) is 0 Å². The molecule has 1 aliphatic carbocycles. The van der Waals surface area contributed by atoms with Crippen molar-refractivity contribution in [3.8, 4) is 0 Å². The number of aliphatic imine (C=N–C) groups is 1. The van der Waals surface area contributed by atoms with Crippen LogP contribution < -0.4 is 10.7 Å². The first-order valence-corrected chi connectivity index (χ1v) is 11.8. The molecule has 1 fully saturated rings. The van der Waals surface area contributed by atoms with Crippen molar-refractivity contribution in [2.24, 2.45) is 10.9 Å². The molecule has 0 spiro atoms. The summed E-state index contributed by atoms with van der Waals surface area (Å²) in [5.41, 5.74) is 1.61. The number of imidazole rings is 1. The second kappa shape index (κ2) is 9.70. The van der Waals surface area contributed by atoms with E-state index in [1.807, 2.05) is 13.0 Å². The van der Waals surface area contributed by atoms with Crippen molar-refractivity contribution in [1.82, 2.24) is 9.97 Å². The van der Waals surface area contributed by atoms with Gasteiger partial charge in [0.25, 0.3) is 0 Å². The summed E-state index contributed by atoms with van der Waals surface area (Å²) in [4.78, 5) is 12.1. The topological polar surface area (TPSA) is 85.8 Å². The van der Waals surface area contributed by atoms with E-state index in [1.165, 1.54) is 0 Å². The number of rotatable bonds is 8. The van der Waals surface area contributed by atoms with Crippen LogP contribution in [0.1, 0.15) is 26.2 Å². The number of hydrogen-bond donors (Lipinski definition) is 1. The van der Waals surface area contributed by atoms with Crippen molar-refractivity contribution < 1.29 is 27.2 Å². The van der Waals surface area contributed by atoms with Gasteiger partial charge in [0, 0.05) is 24.5 Å². The molecule has 1 aromatic rings. The number of nitrogens with zero attached hydrogens (tertiary/aromatic N) is 2. The first-order chi connectivity index (χ1) is 15.0. The fourth-order valence-corrected chi connectivity index (χ4v) is 4.78. The highest BCUT2D eigenvalue weighted by Gasteiger charge is 2.38. The van der Waals surface area contributed by atoms with Crippen LogP contribution in [0.15, 0.2) is 21.5 Å². The molecule has 2 aliphatic heterocycles. The van der Waals surface area contributed by atoms with Crippen LogP contribution in [0, 0.1) is 5.92 Å². The van der Waals surface area contributed by atoms with Gasteiger partial charge in [0.1, 0.15) is 19.1 Å². The minimum Gasteiger partial charge on any atom is -0.497 e. The Bertz CT molecular complexity index is 973. The monoisotopic (exact) mass is 455 g/mol. The standard InChI is InChI=1S/C21H27F2N3O4S/c1-14-18(11-31(27)20-25-16-4-2-3-5-17(16)26-20)24-7-6-19(14)28-8-15-9-29-21(12-22,13-23)30-10-15/h4-5,15H,2-3,6-13H2,1H3,(H,25,26). The molecule has 0 saturated carbocycles. The van der Waals surface area contributed by atoms with Gasteiger partial charge < -0.3 is 19.2 Å². The van der Waals surface area contributed by atoms with E-state index in [9.17, 15) is 13.0 Å². The molecule has 7 nitrogen and oxygen atoms in total. The Hall–Kier alpha value is -1.91. The Kier molecular flexibility index (Phi) is 6.98. The fraction of sp³-hybridized carbons (Fsp3) is 0.619. The zero-order valence-corrected chi connectivity index (χ0v) is 18.3. The summed E-state index contributed by atoms with van der Waals surface area (Å²) in [5, 5.41) is 2.25. The van der Waals surface area contributed by atoms with Crippen LogP contribution in [0.25, 0.3) is 12.2 Å². The van der Waals surface area contributed by atoms with Crippen molar-refractivity contribution in [1.29, 1.82) is 0 Å². The highest BCUT2D eigenvalue weighted by Crippen LogP contribution is 2.25. The second-order valence-electron chi connectivity index (χ2n) is 7.92. The van der Waals surface area contributed by atoms with Gasteiger partial charge in [-0.1, -0.05) is 12.2 Å². The molecule has 3 aliphatic rings. The van der Waals surface area contributed by atoms with Crippen molar-refractivity contribution >= 4 is 28.7 Å².